The molecule has 0 spiro atoms. The molecule has 0 atom stereocenters. The molecule has 0 aliphatic rings. The zero-order chi connectivity index (χ0) is 11.4. The van der Waals surface area contributed by atoms with Crippen molar-refractivity contribution in [3.05, 3.63) is 0 Å². The van der Waals surface area contributed by atoms with E-state index in [0.717, 1.165) is 13.0 Å². The smallest absolute Gasteiger partial charge is 0.235 e. The van der Waals surface area contributed by atoms with Gasteiger partial charge in [-0.1, -0.05) is 6.92 Å². The lowest BCUT2D eigenvalue weighted by molar-refractivity contribution is -0.445. The van der Waals surface area contributed by atoms with E-state index in [1.165, 1.54) is 0 Å². The fraction of sp³-hybridized carbons (Fsp3) is 1.00. The van der Waals surface area contributed by atoms with Gasteiger partial charge in [-0.25, -0.2) is 18.8 Å². The van der Waals surface area contributed by atoms with Crippen molar-refractivity contribution >= 4 is 7.51 Å². The number of nitrogens with zero attached hydrogens (tertiary/aromatic N) is 3. The molecule has 0 aromatic rings. The number of nitrogens with one attached hydrogen (secondary N) is 1. The van der Waals surface area contributed by atoms with Crippen LogP contribution in [0.5, 0.6) is 0 Å². The van der Waals surface area contributed by atoms with Gasteiger partial charge in [0, 0.05) is 6.42 Å². The Morgan fingerprint density at radius 1 is 0.857 bits per heavy atom. The molecule has 0 heterocycles. The third-order valence-corrected chi connectivity index (χ3v) is 6.24. The standard InChI is InChI=1S/C9H25N4P/c1-8-9-10-14(11(2)3,12(4)5)13(6)7/h8-9H2,1-7H3/p+1. The van der Waals surface area contributed by atoms with Crippen molar-refractivity contribution in [1.82, 2.24) is 14.0 Å². The molecule has 86 valence electrons. The summed E-state index contributed by atoms with van der Waals surface area (Å²) in [4.78, 5) is 0. The average Bonchev–Trinajstić information content (AvgIpc) is 2.03. The van der Waals surface area contributed by atoms with Crippen molar-refractivity contribution in [2.75, 3.05) is 48.8 Å². The first-order chi connectivity index (χ1) is 6.39. The lowest BCUT2D eigenvalue weighted by Gasteiger charge is -2.35. The van der Waals surface area contributed by atoms with E-state index in [1.54, 1.807) is 0 Å². The molecule has 0 aliphatic heterocycles. The lowest BCUT2D eigenvalue weighted by atomic mass is 10.5. The summed E-state index contributed by atoms with van der Waals surface area (Å²) in [6.45, 7) is 3.25. The van der Waals surface area contributed by atoms with Crippen LogP contribution in [-0.2, 0) is 0 Å². The Hall–Kier alpha value is 0.110. The largest absolute Gasteiger partial charge is 0.309 e. The summed E-state index contributed by atoms with van der Waals surface area (Å²) in [5.41, 5.74) is 0. The second kappa shape index (κ2) is 5.86. The Balaban J connectivity index is 5.16. The predicted octanol–water partition coefficient (Wildman–Crippen LogP) is 0.108. The Morgan fingerprint density at radius 3 is 1.43 bits per heavy atom. The highest BCUT2D eigenvalue weighted by atomic mass is 31.2. The Bertz CT molecular complexity index is 182. The van der Waals surface area contributed by atoms with Gasteiger partial charge in [-0.05, 0) is 42.3 Å². The molecule has 4 nitrogen and oxygen atoms in total. The van der Waals surface area contributed by atoms with Gasteiger partial charge >= 0.3 is 7.51 Å². The summed E-state index contributed by atoms with van der Waals surface area (Å²) in [6.07, 6.45) is 1.16. The molecular formula is C9H26N4P+. The van der Waals surface area contributed by atoms with E-state index in [4.69, 9.17) is 0 Å². The second-order valence-electron chi connectivity index (χ2n) is 4.02. The number of hydrogen-bond acceptors (Lipinski definition) is 0. The maximum atomic E-state index is 3.67. The lowest BCUT2D eigenvalue weighted by Crippen LogP contribution is -2.72. The van der Waals surface area contributed by atoms with E-state index in [-0.39, 0.29) is 0 Å². The van der Waals surface area contributed by atoms with Gasteiger partial charge in [0.2, 0.25) is 0 Å². The topological polar surface area (TPSA) is 23.7 Å². The minimum atomic E-state index is -1.48. The third kappa shape index (κ3) is 2.80. The SMILES string of the molecule is CCC[NH+]=P(N(C)C)(N(C)C)N(C)C. The first kappa shape index (κ1) is 14.1. The molecular weight excluding hydrogens is 195 g/mol. The highest BCUT2D eigenvalue weighted by molar-refractivity contribution is 7.56. The summed E-state index contributed by atoms with van der Waals surface area (Å²) in [7, 11) is 11.3. The summed E-state index contributed by atoms with van der Waals surface area (Å²) < 4.78 is 10.6. The Morgan fingerprint density at radius 2 is 1.21 bits per heavy atom. The monoisotopic (exact) mass is 221 g/mol. The quantitative estimate of drug-likeness (QED) is 0.667. The van der Waals surface area contributed by atoms with Crippen molar-refractivity contribution in [3.63, 3.8) is 0 Å². The molecule has 0 aliphatic carbocycles. The van der Waals surface area contributed by atoms with Gasteiger partial charge in [0.25, 0.3) is 0 Å². The fourth-order valence-corrected chi connectivity index (χ4v) is 5.28. The molecule has 0 aromatic heterocycles. The van der Waals surface area contributed by atoms with Gasteiger partial charge in [0.1, 0.15) is 6.54 Å². The van der Waals surface area contributed by atoms with Crippen molar-refractivity contribution in [2.24, 2.45) is 0 Å². The summed E-state index contributed by atoms with van der Waals surface area (Å²) >= 11 is 0. The van der Waals surface area contributed by atoms with Crippen LogP contribution >= 0.6 is 7.51 Å². The molecule has 0 bridgehead atoms. The van der Waals surface area contributed by atoms with Gasteiger partial charge in [-0.3, -0.25) is 0 Å². The van der Waals surface area contributed by atoms with Gasteiger partial charge in [0.05, 0.1) is 0 Å². The van der Waals surface area contributed by atoms with Crippen molar-refractivity contribution < 1.29 is 4.74 Å². The molecule has 5 heteroatoms. The van der Waals surface area contributed by atoms with E-state index < -0.39 is 7.51 Å². The van der Waals surface area contributed by atoms with E-state index in [1.807, 2.05) is 0 Å². The summed E-state index contributed by atoms with van der Waals surface area (Å²) in [5, 5.41) is 0. The van der Waals surface area contributed by atoms with Crippen LogP contribution in [0, 0.1) is 0 Å². The average molecular weight is 221 g/mol. The van der Waals surface area contributed by atoms with Crippen LogP contribution in [0.1, 0.15) is 13.3 Å². The number of rotatable bonds is 5. The van der Waals surface area contributed by atoms with Crippen molar-refractivity contribution in [2.45, 2.75) is 13.3 Å². The van der Waals surface area contributed by atoms with Gasteiger partial charge < -0.3 is 0 Å². The predicted molar refractivity (Wildman–Crippen MR) is 64.1 cm³/mol. The molecule has 14 heavy (non-hydrogen) atoms. The van der Waals surface area contributed by atoms with Crippen molar-refractivity contribution in [1.29, 1.82) is 0 Å². The van der Waals surface area contributed by atoms with Crippen LogP contribution < -0.4 is 4.74 Å². The molecule has 0 aromatic carbocycles. The molecule has 0 rings (SSSR count). The zero-order valence-corrected chi connectivity index (χ0v) is 11.6. The molecule has 1 N–H and O–H groups in total. The van der Waals surface area contributed by atoms with E-state index in [9.17, 15) is 0 Å². The molecule has 0 fully saturated rings. The molecule has 0 saturated heterocycles. The fourth-order valence-electron chi connectivity index (χ4n) is 1.76. The maximum absolute atomic E-state index is 3.67. The Labute approximate surface area is 89.1 Å². The molecule has 0 amide bonds. The summed E-state index contributed by atoms with van der Waals surface area (Å²) in [6, 6.07) is 0. The number of hydrogen-bond donors (Lipinski definition) is 1. The highest BCUT2D eigenvalue weighted by Crippen LogP contribution is 2.47. The first-order valence-corrected chi connectivity index (χ1v) is 6.71. The molecule has 0 radical (unpaired) electrons. The van der Waals surface area contributed by atoms with E-state index in [2.05, 4.69) is 68.0 Å². The van der Waals surface area contributed by atoms with Crippen LogP contribution in [0.25, 0.3) is 0 Å². The van der Waals surface area contributed by atoms with Gasteiger partial charge in [-0.15, -0.1) is 0 Å². The second-order valence-corrected chi connectivity index (χ2v) is 7.87. The maximum Gasteiger partial charge on any atom is 0.309 e. The third-order valence-electron chi connectivity index (χ3n) is 2.25. The minimum Gasteiger partial charge on any atom is -0.235 e. The van der Waals surface area contributed by atoms with Gasteiger partial charge in [-0.2, -0.15) is 0 Å². The highest BCUT2D eigenvalue weighted by Gasteiger charge is 2.34. The van der Waals surface area contributed by atoms with E-state index in [0.29, 0.717) is 0 Å². The van der Waals surface area contributed by atoms with Crippen LogP contribution in [-0.4, -0.2) is 62.8 Å². The zero-order valence-electron chi connectivity index (χ0n) is 10.7. The van der Waals surface area contributed by atoms with Crippen LogP contribution in [0.15, 0.2) is 0 Å². The van der Waals surface area contributed by atoms with Crippen LogP contribution in [0.3, 0.4) is 0 Å². The first-order valence-electron chi connectivity index (χ1n) is 5.07. The van der Waals surface area contributed by atoms with Crippen molar-refractivity contribution in [3.8, 4) is 0 Å². The van der Waals surface area contributed by atoms with Crippen LogP contribution in [0.2, 0.25) is 0 Å². The van der Waals surface area contributed by atoms with Gasteiger partial charge in [0.15, 0.2) is 0 Å². The molecule has 0 saturated carbocycles. The Kier molecular flexibility index (Phi) is 5.91. The normalized spacial score (nSPS) is 13.0. The molecule has 0 unspecified atom stereocenters. The van der Waals surface area contributed by atoms with Crippen LogP contribution in [0.4, 0.5) is 0 Å². The minimum absolute atomic E-state index is 1.06. The van der Waals surface area contributed by atoms with E-state index >= 15 is 0 Å². The summed E-state index contributed by atoms with van der Waals surface area (Å²) in [5.74, 6) is 0.